The largest absolute Gasteiger partial charge is 0.491 e. The average Bonchev–Trinajstić information content (AvgIpc) is 2.98. The summed E-state index contributed by atoms with van der Waals surface area (Å²) in [6, 6.07) is 6.87. The molecule has 0 radical (unpaired) electrons. The summed E-state index contributed by atoms with van der Waals surface area (Å²) >= 11 is 0. The van der Waals surface area contributed by atoms with Crippen LogP contribution in [-0.2, 0) is 18.7 Å². The highest BCUT2D eigenvalue weighted by molar-refractivity contribution is 5.47. The maximum atomic E-state index is 15.2. The van der Waals surface area contributed by atoms with Crippen molar-refractivity contribution < 1.29 is 35.8 Å². The lowest BCUT2D eigenvalue weighted by Crippen LogP contribution is -2.29. The molecule has 0 amide bonds. The summed E-state index contributed by atoms with van der Waals surface area (Å²) in [4.78, 5) is 0. The van der Waals surface area contributed by atoms with Crippen molar-refractivity contribution in [3.05, 3.63) is 58.4 Å². The highest BCUT2D eigenvalue weighted by atomic mass is 19.4. The molecule has 2 aliphatic carbocycles. The molecule has 0 spiro atoms. The quantitative estimate of drug-likeness (QED) is 0.163. The Morgan fingerprint density at radius 3 is 1.84 bits per heavy atom. The van der Waals surface area contributed by atoms with Gasteiger partial charge in [-0.05, 0) is 105 Å². The van der Waals surface area contributed by atoms with Gasteiger partial charge in [0, 0.05) is 0 Å². The van der Waals surface area contributed by atoms with Crippen LogP contribution < -0.4 is 9.47 Å². The number of unbranched alkanes of at least 4 members (excludes halogenated alkanes) is 2. The predicted octanol–water partition coefficient (Wildman–Crippen LogP) is 11.8. The molecule has 2 saturated carbocycles. The second-order valence-corrected chi connectivity index (χ2v) is 13.0. The first-order chi connectivity index (χ1) is 20.9. The Balaban J connectivity index is 1.28. The Morgan fingerprint density at radius 2 is 1.32 bits per heavy atom. The lowest BCUT2D eigenvalue weighted by Gasteiger charge is -2.38. The molecular weight excluding hydrogens is 578 g/mol. The maximum Gasteiger partial charge on any atom is 0.427 e. The van der Waals surface area contributed by atoms with Gasteiger partial charge in [0.25, 0.3) is 0 Å². The number of rotatable bonds is 13. The monoisotopic (exact) mass is 626 g/mol. The van der Waals surface area contributed by atoms with E-state index in [0.717, 1.165) is 49.1 Å². The van der Waals surface area contributed by atoms with Crippen LogP contribution in [0.25, 0.3) is 0 Å². The van der Waals surface area contributed by atoms with Gasteiger partial charge in [0.05, 0.1) is 12.2 Å². The van der Waals surface area contributed by atoms with Gasteiger partial charge in [-0.25, -0.2) is 4.39 Å². The third-order valence-electron chi connectivity index (χ3n) is 9.98. The van der Waals surface area contributed by atoms with Crippen LogP contribution in [0.3, 0.4) is 0 Å². The number of alkyl halides is 5. The van der Waals surface area contributed by atoms with Gasteiger partial charge in [-0.1, -0.05) is 70.4 Å². The maximum absolute atomic E-state index is 15.2. The van der Waals surface area contributed by atoms with Crippen molar-refractivity contribution in [2.45, 2.75) is 123 Å². The Labute approximate surface area is 258 Å². The third kappa shape index (κ3) is 8.87. The van der Waals surface area contributed by atoms with Crippen molar-refractivity contribution in [3.63, 3.8) is 0 Å². The van der Waals surface area contributed by atoms with E-state index in [1.165, 1.54) is 96.1 Å². The Morgan fingerprint density at radius 1 is 0.750 bits per heavy atom. The molecule has 246 valence electrons. The second kappa shape index (κ2) is 15.3. The molecule has 0 unspecified atom stereocenters. The second-order valence-electron chi connectivity index (χ2n) is 13.0. The van der Waals surface area contributed by atoms with E-state index in [2.05, 4.69) is 6.92 Å². The molecule has 8 heteroatoms. The number of halogens is 6. The van der Waals surface area contributed by atoms with Crippen LogP contribution in [0.4, 0.5) is 26.3 Å². The fraction of sp³-hybridized carbons (Fsp3) is 0.667. The molecule has 2 fully saturated rings. The van der Waals surface area contributed by atoms with Gasteiger partial charge in [-0.15, -0.1) is 0 Å². The van der Waals surface area contributed by atoms with Crippen LogP contribution >= 0.6 is 0 Å². The van der Waals surface area contributed by atoms with E-state index in [0.29, 0.717) is 5.92 Å². The summed E-state index contributed by atoms with van der Waals surface area (Å²) in [6.07, 6.45) is 8.11. The summed E-state index contributed by atoms with van der Waals surface area (Å²) in [5.74, 6) is 0.434. The van der Waals surface area contributed by atoms with Crippen LogP contribution in [-0.4, -0.2) is 6.61 Å². The smallest absolute Gasteiger partial charge is 0.427 e. The van der Waals surface area contributed by atoms with Gasteiger partial charge in [-0.2, -0.15) is 22.0 Å². The fourth-order valence-electron chi connectivity index (χ4n) is 7.54. The summed E-state index contributed by atoms with van der Waals surface area (Å²) < 4.78 is 96.1. The minimum Gasteiger partial charge on any atom is -0.491 e. The topological polar surface area (TPSA) is 18.5 Å². The van der Waals surface area contributed by atoms with E-state index < -0.39 is 40.5 Å². The molecule has 2 nitrogen and oxygen atoms in total. The highest BCUT2D eigenvalue weighted by Gasteiger charge is 2.49. The van der Waals surface area contributed by atoms with Crippen molar-refractivity contribution in [2.24, 2.45) is 23.7 Å². The molecule has 0 atom stereocenters. The molecular formula is C36H48F6O2. The van der Waals surface area contributed by atoms with Gasteiger partial charge in [-0.3, -0.25) is 0 Å². The first-order valence-electron chi connectivity index (χ1n) is 16.6. The molecule has 0 heterocycles. The molecule has 0 bridgehead atoms. The molecule has 2 aliphatic rings. The Bertz CT molecular complexity index is 1180. The lowest BCUT2D eigenvalue weighted by molar-refractivity contribution is -0.196. The third-order valence-corrected chi connectivity index (χ3v) is 9.98. The minimum absolute atomic E-state index is 0.117. The standard InChI is InChI=1S/C36H48F6O2/c1-4-6-7-8-25-11-17-28(18-12-25)29-19-13-26(14-20-29)9-10-27-15-21-30(22-16-27)44-36(41,42)32-24(3)23-31(43-5-2)34(37)33(32)35(38,39)40/h15-16,21-23,25-26,28-29H,4-14,17-20H2,1-3H3. The van der Waals surface area contributed by atoms with E-state index in [4.69, 9.17) is 9.47 Å². The zero-order valence-electron chi connectivity index (χ0n) is 26.4. The molecule has 0 aliphatic heterocycles. The summed E-state index contributed by atoms with van der Waals surface area (Å²) in [5.41, 5.74) is -3.14. The molecule has 0 aromatic heterocycles. The number of benzene rings is 2. The number of hydrogen-bond acceptors (Lipinski definition) is 2. The van der Waals surface area contributed by atoms with Crippen molar-refractivity contribution in [1.29, 1.82) is 0 Å². The summed E-state index contributed by atoms with van der Waals surface area (Å²) in [5, 5.41) is 0. The minimum atomic E-state index is -5.37. The summed E-state index contributed by atoms with van der Waals surface area (Å²) in [6.45, 7) is 4.67. The van der Waals surface area contributed by atoms with E-state index >= 15 is 8.78 Å². The van der Waals surface area contributed by atoms with Gasteiger partial charge in [0.1, 0.15) is 11.3 Å². The Kier molecular flexibility index (Phi) is 12.0. The van der Waals surface area contributed by atoms with Gasteiger partial charge in [0.2, 0.25) is 0 Å². The number of aryl methyl sites for hydroxylation is 2. The predicted molar refractivity (Wildman–Crippen MR) is 162 cm³/mol. The van der Waals surface area contributed by atoms with E-state index in [-0.39, 0.29) is 12.4 Å². The lowest BCUT2D eigenvalue weighted by atomic mass is 9.68. The van der Waals surface area contributed by atoms with Crippen LogP contribution in [0.15, 0.2) is 30.3 Å². The normalized spacial score (nSPS) is 23.0. The fourth-order valence-corrected chi connectivity index (χ4v) is 7.54. The zero-order chi connectivity index (χ0) is 31.9. The van der Waals surface area contributed by atoms with Crippen LogP contribution in [0.1, 0.15) is 120 Å². The first kappa shape index (κ1) is 34.5. The SMILES string of the molecule is CCCCCC1CCC(C2CCC(CCc3ccc(OC(F)(F)c4c(C)cc(OCC)c(F)c4C(F)(F)F)cc3)CC2)CC1. The molecule has 0 saturated heterocycles. The van der Waals surface area contributed by atoms with Crippen molar-refractivity contribution in [3.8, 4) is 11.5 Å². The van der Waals surface area contributed by atoms with Gasteiger partial charge < -0.3 is 9.47 Å². The molecule has 4 rings (SSSR count). The first-order valence-corrected chi connectivity index (χ1v) is 16.6. The molecule has 0 N–H and O–H groups in total. The van der Waals surface area contributed by atoms with E-state index in [1.54, 1.807) is 12.1 Å². The van der Waals surface area contributed by atoms with Gasteiger partial charge >= 0.3 is 12.3 Å². The van der Waals surface area contributed by atoms with Crippen LogP contribution in [0.2, 0.25) is 0 Å². The summed E-state index contributed by atoms with van der Waals surface area (Å²) in [7, 11) is 0. The zero-order valence-corrected chi connectivity index (χ0v) is 26.4. The van der Waals surface area contributed by atoms with Crippen molar-refractivity contribution >= 4 is 0 Å². The van der Waals surface area contributed by atoms with Gasteiger partial charge in [0.15, 0.2) is 11.6 Å². The number of ether oxygens (including phenoxy) is 2. The van der Waals surface area contributed by atoms with Crippen LogP contribution in [0, 0.1) is 36.4 Å². The number of hydrogen-bond donors (Lipinski definition) is 0. The van der Waals surface area contributed by atoms with Crippen molar-refractivity contribution in [1.82, 2.24) is 0 Å². The highest BCUT2D eigenvalue weighted by Crippen LogP contribution is 2.46. The average molecular weight is 627 g/mol. The van der Waals surface area contributed by atoms with Crippen molar-refractivity contribution in [2.75, 3.05) is 6.61 Å². The molecule has 2 aromatic rings. The Hall–Kier alpha value is -2.38. The molecule has 44 heavy (non-hydrogen) atoms. The van der Waals surface area contributed by atoms with E-state index in [9.17, 15) is 17.6 Å². The van der Waals surface area contributed by atoms with Crippen LogP contribution in [0.5, 0.6) is 11.5 Å². The molecule has 2 aromatic carbocycles. The van der Waals surface area contributed by atoms with E-state index in [1.807, 2.05) is 0 Å².